The number of hydrogen-bond acceptors (Lipinski definition) is 4. The third-order valence-electron chi connectivity index (χ3n) is 5.39. The fourth-order valence-corrected chi connectivity index (χ4v) is 3.81. The molecule has 1 aliphatic heterocycles. The van der Waals surface area contributed by atoms with E-state index in [-0.39, 0.29) is 17.9 Å². The van der Waals surface area contributed by atoms with Crippen LogP contribution in [0.25, 0.3) is 0 Å². The number of nitrogens with one attached hydrogen (secondary N) is 1. The summed E-state index contributed by atoms with van der Waals surface area (Å²) >= 11 is 0. The second-order valence-corrected chi connectivity index (χ2v) is 7.29. The summed E-state index contributed by atoms with van der Waals surface area (Å²) in [6, 6.07) is 23.2. The van der Waals surface area contributed by atoms with Crippen molar-refractivity contribution >= 4 is 5.91 Å². The molecule has 0 saturated heterocycles. The summed E-state index contributed by atoms with van der Waals surface area (Å²) < 4.78 is 16.7. The number of fused-ring (bicyclic) bond motifs is 1. The smallest absolute Gasteiger partial charge is 0.227 e. The Kier molecular flexibility index (Phi) is 5.89. The Morgan fingerprint density at radius 2 is 1.73 bits per heavy atom. The molecule has 5 heteroatoms. The van der Waals surface area contributed by atoms with E-state index in [1.165, 1.54) is 0 Å². The van der Waals surface area contributed by atoms with Gasteiger partial charge >= 0.3 is 0 Å². The summed E-state index contributed by atoms with van der Waals surface area (Å²) in [7, 11) is 3.26. The summed E-state index contributed by atoms with van der Waals surface area (Å²) in [6.45, 7) is 0.318. The zero-order valence-electron chi connectivity index (χ0n) is 17.1. The van der Waals surface area contributed by atoms with E-state index >= 15 is 0 Å². The summed E-state index contributed by atoms with van der Waals surface area (Å²) in [6.07, 6.45) is 0.609. The van der Waals surface area contributed by atoms with Crippen LogP contribution in [0.1, 0.15) is 22.7 Å². The Labute approximate surface area is 176 Å². The lowest BCUT2D eigenvalue weighted by atomic mass is 9.93. The molecule has 3 aromatic carbocycles. The Hall–Kier alpha value is -3.47. The number of carbonyl (C=O) groups excluding carboxylic acids is 1. The van der Waals surface area contributed by atoms with Crippen molar-refractivity contribution in [3.63, 3.8) is 0 Å². The molecule has 0 unspecified atom stereocenters. The molecule has 5 nitrogen and oxygen atoms in total. The minimum absolute atomic E-state index is 0.0415. The topological polar surface area (TPSA) is 56.8 Å². The van der Waals surface area contributed by atoms with E-state index in [1.807, 2.05) is 72.8 Å². The second kappa shape index (κ2) is 8.91. The molecule has 0 bridgehead atoms. The number of para-hydroxylation sites is 1. The van der Waals surface area contributed by atoms with Crippen LogP contribution in [0.15, 0.2) is 72.8 Å². The first kappa shape index (κ1) is 19.8. The monoisotopic (exact) mass is 403 g/mol. The maximum atomic E-state index is 13.2. The van der Waals surface area contributed by atoms with Gasteiger partial charge in [0.1, 0.15) is 12.4 Å². The highest BCUT2D eigenvalue weighted by molar-refractivity contribution is 5.80. The summed E-state index contributed by atoms with van der Waals surface area (Å²) in [5.74, 6) is 1.87. The lowest BCUT2D eigenvalue weighted by Crippen LogP contribution is -2.39. The lowest BCUT2D eigenvalue weighted by molar-refractivity contribution is -0.126. The molecule has 0 aromatic heterocycles. The van der Waals surface area contributed by atoms with E-state index in [4.69, 9.17) is 14.2 Å². The first-order valence-electron chi connectivity index (χ1n) is 9.97. The molecule has 154 valence electrons. The normalized spacial score (nSPS) is 16.0. The van der Waals surface area contributed by atoms with Crippen LogP contribution in [0.2, 0.25) is 0 Å². The average molecular weight is 403 g/mol. The molecule has 0 fully saturated rings. The maximum absolute atomic E-state index is 13.2. The fraction of sp³-hybridized carbons (Fsp3) is 0.240. The van der Waals surface area contributed by atoms with Gasteiger partial charge in [0.05, 0.1) is 26.2 Å². The highest BCUT2D eigenvalue weighted by Crippen LogP contribution is 2.36. The Morgan fingerprint density at radius 3 is 2.50 bits per heavy atom. The van der Waals surface area contributed by atoms with E-state index in [9.17, 15) is 4.79 Å². The second-order valence-electron chi connectivity index (χ2n) is 7.29. The molecule has 1 amide bonds. The highest BCUT2D eigenvalue weighted by atomic mass is 16.5. The zero-order chi connectivity index (χ0) is 20.9. The number of rotatable bonds is 6. The van der Waals surface area contributed by atoms with Crippen LogP contribution >= 0.6 is 0 Å². The van der Waals surface area contributed by atoms with Gasteiger partial charge < -0.3 is 19.5 Å². The molecule has 3 aromatic rings. The van der Waals surface area contributed by atoms with E-state index < -0.39 is 0 Å². The lowest BCUT2D eigenvalue weighted by Gasteiger charge is -2.28. The molecule has 2 atom stereocenters. The summed E-state index contributed by atoms with van der Waals surface area (Å²) in [4.78, 5) is 13.2. The van der Waals surface area contributed by atoms with Gasteiger partial charge in [0, 0.05) is 0 Å². The SMILES string of the molecule is COc1cccc([C@H](NC(=O)[C@@H]2COc3c(cccc3OC)C2)c2ccccc2)c1. The third kappa shape index (κ3) is 4.10. The molecule has 1 N–H and O–H groups in total. The largest absolute Gasteiger partial charge is 0.497 e. The number of ether oxygens (including phenoxy) is 3. The van der Waals surface area contributed by atoms with Crippen LogP contribution in [0.4, 0.5) is 0 Å². The predicted octanol–water partition coefficient (Wildman–Crippen LogP) is 4.16. The first-order chi connectivity index (χ1) is 14.7. The Balaban J connectivity index is 1.58. The van der Waals surface area contributed by atoms with Gasteiger partial charge in [-0.1, -0.05) is 54.6 Å². The van der Waals surface area contributed by atoms with Gasteiger partial charge in [-0.25, -0.2) is 0 Å². The molecule has 30 heavy (non-hydrogen) atoms. The van der Waals surface area contributed by atoms with Crippen molar-refractivity contribution in [3.05, 3.63) is 89.5 Å². The van der Waals surface area contributed by atoms with E-state index in [0.717, 1.165) is 28.2 Å². The highest BCUT2D eigenvalue weighted by Gasteiger charge is 2.29. The number of methoxy groups -OCH3 is 2. The van der Waals surface area contributed by atoms with Gasteiger partial charge in [0.25, 0.3) is 0 Å². The fourth-order valence-electron chi connectivity index (χ4n) is 3.81. The van der Waals surface area contributed by atoms with E-state index in [0.29, 0.717) is 18.8 Å². The van der Waals surface area contributed by atoms with Crippen molar-refractivity contribution in [3.8, 4) is 17.2 Å². The van der Waals surface area contributed by atoms with Gasteiger partial charge in [-0.2, -0.15) is 0 Å². The van der Waals surface area contributed by atoms with Crippen molar-refractivity contribution in [1.82, 2.24) is 5.32 Å². The van der Waals surface area contributed by atoms with Crippen molar-refractivity contribution in [2.75, 3.05) is 20.8 Å². The van der Waals surface area contributed by atoms with E-state index in [1.54, 1.807) is 14.2 Å². The Bertz CT molecular complexity index is 1020. The van der Waals surface area contributed by atoms with Crippen LogP contribution < -0.4 is 19.5 Å². The third-order valence-corrected chi connectivity index (χ3v) is 5.39. The minimum Gasteiger partial charge on any atom is -0.497 e. The quantitative estimate of drug-likeness (QED) is 0.671. The standard InChI is InChI=1S/C25H25NO4/c1-28-21-12-6-10-18(15-21)23(17-8-4-3-5-9-17)26-25(27)20-14-19-11-7-13-22(29-2)24(19)30-16-20/h3-13,15,20,23H,14,16H2,1-2H3,(H,26,27)/t20-,23+/m0/s1. The minimum atomic E-state index is -0.277. The molecule has 0 saturated carbocycles. The molecule has 1 aliphatic rings. The van der Waals surface area contributed by atoms with Crippen molar-refractivity contribution in [2.45, 2.75) is 12.5 Å². The zero-order valence-corrected chi connectivity index (χ0v) is 17.1. The maximum Gasteiger partial charge on any atom is 0.227 e. The molecule has 1 heterocycles. The van der Waals surface area contributed by atoms with Crippen molar-refractivity contribution < 1.29 is 19.0 Å². The summed E-state index contributed by atoms with van der Waals surface area (Å²) in [5.41, 5.74) is 2.96. The number of carbonyl (C=O) groups is 1. The van der Waals surface area contributed by atoms with Crippen LogP contribution in [0.5, 0.6) is 17.2 Å². The van der Waals surface area contributed by atoms with Gasteiger partial charge in [-0.15, -0.1) is 0 Å². The van der Waals surface area contributed by atoms with Gasteiger partial charge in [0.2, 0.25) is 5.91 Å². The van der Waals surface area contributed by atoms with Gasteiger partial charge in [0.15, 0.2) is 11.5 Å². The molecular weight excluding hydrogens is 378 g/mol. The van der Waals surface area contributed by atoms with Gasteiger partial charge in [-0.3, -0.25) is 4.79 Å². The summed E-state index contributed by atoms with van der Waals surface area (Å²) in [5, 5.41) is 3.22. The molecule has 4 rings (SSSR count). The van der Waals surface area contributed by atoms with Gasteiger partial charge in [-0.05, 0) is 41.3 Å². The Morgan fingerprint density at radius 1 is 0.967 bits per heavy atom. The molecule has 0 spiro atoms. The van der Waals surface area contributed by atoms with Crippen molar-refractivity contribution in [1.29, 1.82) is 0 Å². The average Bonchev–Trinajstić information content (AvgIpc) is 2.82. The predicted molar refractivity (Wildman–Crippen MR) is 115 cm³/mol. The van der Waals surface area contributed by atoms with Crippen molar-refractivity contribution in [2.24, 2.45) is 5.92 Å². The van der Waals surface area contributed by atoms with Crippen LogP contribution in [0, 0.1) is 5.92 Å². The van der Waals surface area contributed by atoms with Crippen LogP contribution in [-0.2, 0) is 11.2 Å². The number of hydrogen-bond donors (Lipinski definition) is 1. The first-order valence-corrected chi connectivity index (χ1v) is 9.97. The van der Waals surface area contributed by atoms with Crippen LogP contribution in [0.3, 0.4) is 0 Å². The molecule has 0 aliphatic carbocycles. The number of amides is 1. The molecular formula is C25H25NO4. The van der Waals surface area contributed by atoms with Crippen LogP contribution in [-0.4, -0.2) is 26.7 Å². The molecule has 0 radical (unpaired) electrons. The van der Waals surface area contributed by atoms with E-state index in [2.05, 4.69) is 5.32 Å². The number of benzene rings is 3.